The number of allylic oxidation sites excluding steroid dienone is 3. The molecule has 0 unspecified atom stereocenters. The topological polar surface area (TPSA) is 100 Å². The van der Waals surface area contributed by atoms with Crippen molar-refractivity contribution < 1.29 is 33.3 Å². The van der Waals surface area contributed by atoms with Gasteiger partial charge in [0.25, 0.3) is 0 Å². The van der Waals surface area contributed by atoms with E-state index in [1.807, 2.05) is 25.1 Å². The Kier molecular flexibility index (Phi) is 9.58. The lowest BCUT2D eigenvalue weighted by atomic mass is 9.71. The van der Waals surface area contributed by atoms with Crippen LogP contribution in [0.25, 0.3) is 0 Å². The summed E-state index contributed by atoms with van der Waals surface area (Å²) in [5, 5.41) is 3.37. The first-order valence-corrected chi connectivity index (χ1v) is 14.4. The summed E-state index contributed by atoms with van der Waals surface area (Å²) in [6.45, 7) is 4.17. The Morgan fingerprint density at radius 1 is 0.950 bits per heavy atom. The van der Waals surface area contributed by atoms with E-state index in [1.54, 1.807) is 50.2 Å². The average Bonchev–Trinajstić information content (AvgIpc) is 2.97. The number of nitrogens with one attached hydrogen (secondary N) is 1. The van der Waals surface area contributed by atoms with E-state index in [0.29, 0.717) is 46.1 Å². The molecule has 2 aromatic rings. The van der Waals surface area contributed by atoms with Gasteiger partial charge >= 0.3 is 11.9 Å². The molecule has 2 aromatic carbocycles. The number of ether oxygens (including phenoxy) is 4. The molecule has 1 heterocycles. The number of hydrogen-bond donors (Lipinski definition) is 1. The molecule has 0 fully saturated rings. The van der Waals surface area contributed by atoms with E-state index in [-0.39, 0.29) is 24.7 Å². The van der Waals surface area contributed by atoms with Gasteiger partial charge in [0, 0.05) is 35.1 Å². The van der Waals surface area contributed by atoms with Gasteiger partial charge in [-0.2, -0.15) is 11.8 Å². The summed E-state index contributed by atoms with van der Waals surface area (Å²) in [6.07, 6.45) is 0.862. The van der Waals surface area contributed by atoms with Crippen LogP contribution in [0.1, 0.15) is 60.0 Å². The molecule has 40 heavy (non-hydrogen) atoms. The van der Waals surface area contributed by atoms with E-state index in [4.69, 9.17) is 18.9 Å². The molecule has 0 bridgehead atoms. The van der Waals surface area contributed by atoms with Gasteiger partial charge in [0.05, 0.1) is 32.5 Å². The number of dihydropyridines is 1. The summed E-state index contributed by atoms with van der Waals surface area (Å²) in [6, 6.07) is 12.6. The van der Waals surface area contributed by atoms with Crippen molar-refractivity contribution in [1.29, 1.82) is 0 Å². The lowest BCUT2D eigenvalue weighted by molar-refractivity contribution is -0.138. The predicted octanol–water partition coefficient (Wildman–Crippen LogP) is 5.15. The second-order valence-electron chi connectivity index (χ2n) is 9.58. The summed E-state index contributed by atoms with van der Waals surface area (Å²) >= 11 is 1.69. The van der Waals surface area contributed by atoms with Crippen LogP contribution in [0.2, 0.25) is 0 Å². The Morgan fingerprint density at radius 3 is 2.30 bits per heavy atom. The Hall–Kier alpha value is -3.72. The molecule has 8 nitrogen and oxygen atoms in total. The van der Waals surface area contributed by atoms with Crippen molar-refractivity contribution in [3.05, 3.63) is 81.7 Å². The van der Waals surface area contributed by atoms with E-state index < -0.39 is 17.9 Å². The van der Waals surface area contributed by atoms with Gasteiger partial charge in [0.1, 0.15) is 6.61 Å². The summed E-state index contributed by atoms with van der Waals surface area (Å²) in [4.78, 5) is 39.3. The number of rotatable bonds is 10. The molecule has 0 saturated carbocycles. The Bertz CT molecular complexity index is 1350. The van der Waals surface area contributed by atoms with Gasteiger partial charge < -0.3 is 24.3 Å². The highest BCUT2D eigenvalue weighted by molar-refractivity contribution is 7.99. The minimum atomic E-state index is -0.617. The van der Waals surface area contributed by atoms with Gasteiger partial charge in [0.15, 0.2) is 17.3 Å². The minimum Gasteiger partial charge on any atom is -0.493 e. The third kappa shape index (κ3) is 6.04. The second kappa shape index (κ2) is 13.1. The summed E-state index contributed by atoms with van der Waals surface area (Å²) < 4.78 is 21.3. The zero-order valence-electron chi connectivity index (χ0n) is 23.5. The third-order valence-corrected chi connectivity index (χ3v) is 8.12. The van der Waals surface area contributed by atoms with Crippen LogP contribution in [-0.4, -0.2) is 57.2 Å². The number of carbonyl (C=O) groups excluding carboxylic acids is 3. The fourth-order valence-corrected chi connectivity index (χ4v) is 5.82. The molecule has 2 aliphatic rings. The van der Waals surface area contributed by atoms with Crippen LogP contribution in [0.5, 0.6) is 11.5 Å². The molecule has 0 aromatic heterocycles. The zero-order chi connectivity index (χ0) is 28.8. The van der Waals surface area contributed by atoms with Crippen LogP contribution in [0, 0.1) is 0 Å². The molecule has 1 N–H and O–H groups in total. The van der Waals surface area contributed by atoms with Crippen LogP contribution in [0.15, 0.2) is 65.0 Å². The van der Waals surface area contributed by atoms with E-state index in [1.165, 1.54) is 7.11 Å². The van der Waals surface area contributed by atoms with Crippen molar-refractivity contribution in [2.24, 2.45) is 0 Å². The number of carbonyl (C=O) groups is 3. The molecular weight excluding hydrogens is 530 g/mol. The van der Waals surface area contributed by atoms with Crippen LogP contribution >= 0.6 is 11.8 Å². The highest BCUT2D eigenvalue weighted by Gasteiger charge is 2.41. The van der Waals surface area contributed by atoms with E-state index >= 15 is 0 Å². The molecule has 0 amide bonds. The summed E-state index contributed by atoms with van der Waals surface area (Å²) in [5.74, 6) is 1.21. The molecule has 2 atom stereocenters. The molecule has 4 rings (SSSR count). The number of methoxy groups -OCH3 is 3. The molecule has 0 radical (unpaired) electrons. The van der Waals surface area contributed by atoms with Crippen molar-refractivity contribution in [2.75, 3.05) is 39.4 Å². The van der Waals surface area contributed by atoms with Crippen LogP contribution in [0.4, 0.5) is 0 Å². The molecular formula is C31H35NO7S. The smallest absolute Gasteiger partial charge is 0.337 e. The largest absolute Gasteiger partial charge is 0.493 e. The SMILES string of the molecule is CCSCCOC(=O)C1=C(C)NC2=C(C(=O)C[C@H](c3ccc(OC)c(OC)c3)C2)[C@H]1c1ccc(C(=O)OC)cc1. The number of benzene rings is 2. The molecule has 9 heteroatoms. The van der Waals surface area contributed by atoms with Crippen molar-refractivity contribution in [3.8, 4) is 11.5 Å². The average molecular weight is 566 g/mol. The maximum atomic E-state index is 13.9. The standard InChI is InChI=1S/C31H35NO7S/c1-6-40-14-13-39-31(35)27-18(2)32-23-15-22(21-11-12-25(36-3)26(17-21)37-4)16-24(33)29(23)28(27)19-7-9-20(10-8-19)30(34)38-5/h7-12,17,22,28,32H,6,13-16H2,1-5H3/t22-,28+/m1/s1. The Balaban J connectivity index is 1.72. The van der Waals surface area contributed by atoms with Gasteiger partial charge in [-0.05, 0) is 60.4 Å². The molecule has 1 aliphatic heterocycles. The number of thioether (sulfide) groups is 1. The summed E-state index contributed by atoms with van der Waals surface area (Å²) in [5.41, 5.74) is 4.49. The number of hydrogen-bond acceptors (Lipinski definition) is 9. The van der Waals surface area contributed by atoms with Crippen molar-refractivity contribution in [1.82, 2.24) is 5.32 Å². The van der Waals surface area contributed by atoms with Gasteiger partial charge in [-0.15, -0.1) is 0 Å². The number of Topliss-reactive ketones (excluding diaryl/α,β-unsaturated/α-hetero) is 1. The first-order chi connectivity index (χ1) is 19.3. The fraction of sp³-hybridized carbons (Fsp3) is 0.387. The van der Waals surface area contributed by atoms with Gasteiger partial charge in [-0.25, -0.2) is 9.59 Å². The summed E-state index contributed by atoms with van der Waals surface area (Å²) in [7, 11) is 4.50. The first-order valence-electron chi connectivity index (χ1n) is 13.2. The zero-order valence-corrected chi connectivity index (χ0v) is 24.3. The van der Waals surface area contributed by atoms with Crippen LogP contribution in [-0.2, 0) is 19.1 Å². The van der Waals surface area contributed by atoms with E-state index in [2.05, 4.69) is 12.2 Å². The highest BCUT2D eigenvalue weighted by atomic mass is 32.2. The minimum absolute atomic E-state index is 0.0464. The van der Waals surface area contributed by atoms with Gasteiger partial charge in [-0.1, -0.05) is 25.1 Å². The van der Waals surface area contributed by atoms with Gasteiger partial charge in [-0.3, -0.25) is 4.79 Å². The molecule has 1 aliphatic carbocycles. The van der Waals surface area contributed by atoms with E-state index in [0.717, 1.165) is 22.6 Å². The Labute approximate surface area is 239 Å². The lowest BCUT2D eigenvalue weighted by Gasteiger charge is -2.36. The fourth-order valence-electron chi connectivity index (χ4n) is 5.33. The quantitative estimate of drug-likeness (QED) is 0.310. The maximum absolute atomic E-state index is 13.9. The Morgan fingerprint density at radius 2 is 1.65 bits per heavy atom. The first kappa shape index (κ1) is 29.3. The van der Waals surface area contributed by atoms with E-state index in [9.17, 15) is 14.4 Å². The van der Waals surface area contributed by atoms with Crippen molar-refractivity contribution in [2.45, 2.75) is 38.5 Å². The number of ketones is 1. The number of esters is 2. The maximum Gasteiger partial charge on any atom is 0.337 e. The van der Waals surface area contributed by atoms with Crippen molar-refractivity contribution in [3.63, 3.8) is 0 Å². The molecule has 0 saturated heterocycles. The highest BCUT2D eigenvalue weighted by Crippen LogP contribution is 2.46. The monoisotopic (exact) mass is 565 g/mol. The molecule has 212 valence electrons. The van der Waals surface area contributed by atoms with Crippen LogP contribution < -0.4 is 14.8 Å². The predicted molar refractivity (Wildman–Crippen MR) is 154 cm³/mol. The van der Waals surface area contributed by atoms with Gasteiger partial charge in [0.2, 0.25) is 0 Å². The normalized spacial score (nSPS) is 18.6. The lowest BCUT2D eigenvalue weighted by Crippen LogP contribution is -2.36. The van der Waals surface area contributed by atoms with Crippen molar-refractivity contribution >= 4 is 29.5 Å². The van der Waals surface area contributed by atoms with Crippen LogP contribution in [0.3, 0.4) is 0 Å². The second-order valence-corrected chi connectivity index (χ2v) is 11.0. The third-order valence-electron chi connectivity index (χ3n) is 7.26. The molecule has 0 spiro atoms.